The Bertz CT molecular complexity index is 1110. The van der Waals surface area contributed by atoms with Gasteiger partial charge in [-0.15, -0.1) is 11.3 Å². The molecule has 0 aliphatic heterocycles. The van der Waals surface area contributed by atoms with E-state index in [9.17, 15) is 4.79 Å². The number of rotatable bonds is 4. The summed E-state index contributed by atoms with van der Waals surface area (Å²) < 4.78 is 2.01. The van der Waals surface area contributed by atoms with Gasteiger partial charge in [0.15, 0.2) is 0 Å². The van der Waals surface area contributed by atoms with Crippen LogP contribution in [0, 0.1) is 6.92 Å². The number of halogens is 1. The van der Waals surface area contributed by atoms with E-state index in [0.717, 1.165) is 37.1 Å². The van der Waals surface area contributed by atoms with Gasteiger partial charge >= 0.3 is 0 Å². The molecule has 0 atom stereocenters. The first-order valence-electron chi connectivity index (χ1n) is 8.73. The summed E-state index contributed by atoms with van der Waals surface area (Å²) in [5.41, 5.74) is 4.31. The fourth-order valence-electron chi connectivity index (χ4n) is 3.11. The van der Waals surface area contributed by atoms with E-state index in [1.165, 1.54) is 11.1 Å². The number of para-hydroxylation sites is 1. The van der Waals surface area contributed by atoms with Gasteiger partial charge in [0.1, 0.15) is 0 Å². The van der Waals surface area contributed by atoms with E-state index in [1.807, 2.05) is 36.4 Å². The summed E-state index contributed by atoms with van der Waals surface area (Å²) >= 11 is 5.05. The van der Waals surface area contributed by atoms with Crippen LogP contribution in [0.4, 0.5) is 5.69 Å². The van der Waals surface area contributed by atoms with E-state index in [0.29, 0.717) is 0 Å². The third-order valence-corrected chi connectivity index (χ3v) is 6.43. The maximum Gasteiger partial charge on any atom is 0.266 e. The van der Waals surface area contributed by atoms with Gasteiger partial charge in [-0.1, -0.05) is 60.2 Å². The van der Waals surface area contributed by atoms with Gasteiger partial charge in [-0.3, -0.25) is 4.79 Å². The molecule has 0 radical (unpaired) electrons. The van der Waals surface area contributed by atoms with Crippen LogP contribution >= 0.6 is 27.3 Å². The largest absolute Gasteiger partial charge is 0.320 e. The topological polar surface area (TPSA) is 29.1 Å². The molecule has 0 saturated heterocycles. The molecule has 4 heteroatoms. The first-order chi connectivity index (χ1) is 13.1. The second kappa shape index (κ2) is 7.67. The SMILES string of the molecule is Cc1ccc(Cc2c(C(=O)Nc3ccccc3Br)sc3ccccc23)cc1. The predicted octanol–water partition coefficient (Wildman–Crippen LogP) is 6.82. The lowest BCUT2D eigenvalue weighted by molar-refractivity contribution is 0.103. The van der Waals surface area contributed by atoms with Gasteiger partial charge in [-0.2, -0.15) is 0 Å². The summed E-state index contributed by atoms with van der Waals surface area (Å²) in [4.78, 5) is 13.9. The zero-order chi connectivity index (χ0) is 18.8. The molecule has 0 spiro atoms. The number of amides is 1. The highest BCUT2D eigenvalue weighted by atomic mass is 79.9. The summed E-state index contributed by atoms with van der Waals surface area (Å²) in [6, 6.07) is 24.4. The van der Waals surface area contributed by atoms with Gasteiger partial charge in [0.2, 0.25) is 0 Å². The average Bonchev–Trinajstić information content (AvgIpc) is 3.04. The maximum atomic E-state index is 13.1. The molecule has 1 amide bonds. The summed E-state index contributed by atoms with van der Waals surface area (Å²) in [5, 5.41) is 4.20. The minimum absolute atomic E-state index is 0.0646. The molecule has 0 unspecified atom stereocenters. The van der Waals surface area contributed by atoms with Crippen molar-refractivity contribution in [2.75, 3.05) is 5.32 Å². The van der Waals surface area contributed by atoms with Gasteiger partial charge < -0.3 is 5.32 Å². The molecular formula is C23H18BrNOS. The molecule has 4 aromatic rings. The third kappa shape index (κ3) is 3.82. The molecule has 0 bridgehead atoms. The van der Waals surface area contributed by atoms with Crippen molar-refractivity contribution in [2.24, 2.45) is 0 Å². The standard InChI is InChI=1S/C23H18BrNOS/c1-15-10-12-16(13-11-15)14-18-17-6-2-5-9-21(17)27-22(18)23(26)25-20-8-4-3-7-19(20)24/h2-13H,14H2,1H3,(H,25,26). The fraction of sp³-hybridized carbons (Fsp3) is 0.0870. The number of fused-ring (bicyclic) bond motifs is 1. The quantitative estimate of drug-likeness (QED) is 0.374. The Morgan fingerprint density at radius 3 is 2.44 bits per heavy atom. The smallest absolute Gasteiger partial charge is 0.266 e. The van der Waals surface area contributed by atoms with E-state index in [1.54, 1.807) is 11.3 Å². The second-order valence-corrected chi connectivity index (χ2v) is 8.41. The fourth-order valence-corrected chi connectivity index (χ4v) is 4.61. The van der Waals surface area contributed by atoms with Crippen LogP contribution in [0.15, 0.2) is 77.3 Å². The van der Waals surface area contributed by atoms with Gasteiger partial charge in [0.25, 0.3) is 5.91 Å². The second-order valence-electron chi connectivity index (χ2n) is 6.50. The van der Waals surface area contributed by atoms with Gasteiger partial charge in [0.05, 0.1) is 10.6 Å². The van der Waals surface area contributed by atoms with Crippen LogP contribution in [-0.2, 0) is 6.42 Å². The molecular weight excluding hydrogens is 418 g/mol. The normalized spacial score (nSPS) is 10.9. The molecule has 3 aromatic carbocycles. The van der Waals surface area contributed by atoms with E-state index < -0.39 is 0 Å². The Labute approximate surface area is 171 Å². The lowest BCUT2D eigenvalue weighted by atomic mass is 10.0. The zero-order valence-corrected chi connectivity index (χ0v) is 17.2. The van der Waals surface area contributed by atoms with Crippen molar-refractivity contribution in [3.05, 3.63) is 98.8 Å². The molecule has 1 N–H and O–H groups in total. The van der Waals surface area contributed by atoms with Crippen LogP contribution in [0.2, 0.25) is 0 Å². The minimum atomic E-state index is -0.0646. The van der Waals surface area contributed by atoms with Crippen LogP contribution in [0.3, 0.4) is 0 Å². The lowest BCUT2D eigenvalue weighted by Gasteiger charge is -2.09. The number of thiophene rings is 1. The van der Waals surface area contributed by atoms with Crippen LogP contribution in [0.5, 0.6) is 0 Å². The number of carbonyl (C=O) groups excluding carboxylic acids is 1. The number of hydrogen-bond acceptors (Lipinski definition) is 2. The molecule has 27 heavy (non-hydrogen) atoms. The first-order valence-corrected chi connectivity index (χ1v) is 10.3. The minimum Gasteiger partial charge on any atom is -0.320 e. The molecule has 0 aliphatic rings. The molecule has 2 nitrogen and oxygen atoms in total. The molecule has 0 aliphatic carbocycles. The number of hydrogen-bond donors (Lipinski definition) is 1. The van der Waals surface area contributed by atoms with Crippen molar-refractivity contribution in [3.63, 3.8) is 0 Å². The summed E-state index contributed by atoms with van der Waals surface area (Å²) in [6.45, 7) is 2.08. The number of carbonyl (C=O) groups is 1. The van der Waals surface area contributed by atoms with Crippen LogP contribution in [0.25, 0.3) is 10.1 Å². The number of anilines is 1. The van der Waals surface area contributed by atoms with Gasteiger partial charge in [0, 0.05) is 9.17 Å². The summed E-state index contributed by atoms with van der Waals surface area (Å²) in [7, 11) is 0. The first kappa shape index (κ1) is 18.0. The molecule has 1 aromatic heterocycles. The molecule has 4 rings (SSSR count). The number of aryl methyl sites for hydroxylation is 1. The van der Waals surface area contributed by atoms with Crippen molar-refractivity contribution < 1.29 is 4.79 Å². The van der Waals surface area contributed by atoms with Crippen LogP contribution in [0.1, 0.15) is 26.4 Å². The molecule has 1 heterocycles. The predicted molar refractivity (Wildman–Crippen MR) is 118 cm³/mol. The van der Waals surface area contributed by atoms with E-state index in [-0.39, 0.29) is 5.91 Å². The Morgan fingerprint density at radius 1 is 0.963 bits per heavy atom. The molecule has 134 valence electrons. The Balaban J connectivity index is 1.74. The van der Waals surface area contributed by atoms with Crippen molar-refractivity contribution in [1.82, 2.24) is 0 Å². The lowest BCUT2D eigenvalue weighted by Crippen LogP contribution is -2.12. The highest BCUT2D eigenvalue weighted by Crippen LogP contribution is 2.34. The van der Waals surface area contributed by atoms with Crippen molar-refractivity contribution >= 4 is 48.9 Å². The maximum absolute atomic E-state index is 13.1. The Morgan fingerprint density at radius 2 is 1.67 bits per heavy atom. The zero-order valence-electron chi connectivity index (χ0n) is 14.8. The Hall–Kier alpha value is -2.43. The molecule has 0 saturated carbocycles. The van der Waals surface area contributed by atoms with Crippen molar-refractivity contribution in [2.45, 2.75) is 13.3 Å². The van der Waals surface area contributed by atoms with Gasteiger partial charge in [-0.05, 0) is 64.0 Å². The highest BCUT2D eigenvalue weighted by Gasteiger charge is 2.19. The summed E-state index contributed by atoms with van der Waals surface area (Å²) in [5.74, 6) is -0.0646. The van der Waals surface area contributed by atoms with E-state index in [2.05, 4.69) is 64.6 Å². The number of nitrogens with one attached hydrogen (secondary N) is 1. The molecule has 0 fully saturated rings. The van der Waals surface area contributed by atoms with Gasteiger partial charge in [-0.25, -0.2) is 0 Å². The summed E-state index contributed by atoms with van der Waals surface area (Å²) in [6.07, 6.45) is 0.739. The van der Waals surface area contributed by atoms with Crippen LogP contribution < -0.4 is 5.32 Å². The average molecular weight is 436 g/mol. The Kier molecular flexibility index (Phi) is 5.10. The van der Waals surface area contributed by atoms with E-state index >= 15 is 0 Å². The van der Waals surface area contributed by atoms with E-state index in [4.69, 9.17) is 0 Å². The van der Waals surface area contributed by atoms with Crippen molar-refractivity contribution in [3.8, 4) is 0 Å². The van der Waals surface area contributed by atoms with Crippen molar-refractivity contribution in [1.29, 1.82) is 0 Å². The monoisotopic (exact) mass is 435 g/mol. The third-order valence-electron chi connectivity index (χ3n) is 4.53. The highest BCUT2D eigenvalue weighted by molar-refractivity contribution is 9.10. The number of benzene rings is 3. The van der Waals surface area contributed by atoms with Crippen LogP contribution in [-0.4, -0.2) is 5.91 Å².